The first-order chi connectivity index (χ1) is 36.0. The third-order valence-corrected chi connectivity index (χ3v) is 15.2. The molecule has 9 aromatic carbocycles. The lowest BCUT2D eigenvalue weighted by Crippen LogP contribution is -2.33. The number of rotatable bonds is 5. The van der Waals surface area contributed by atoms with Gasteiger partial charge in [0.15, 0.2) is 0 Å². The number of fused-ring (bicyclic) bond motifs is 13. The zero-order valence-corrected chi connectivity index (χ0v) is 42.4. The van der Waals surface area contributed by atoms with Crippen molar-refractivity contribution in [1.82, 2.24) is 18.7 Å². The molecule has 0 atom stereocenters. The molecule has 356 valence electrons. The molecule has 0 fully saturated rings. The highest BCUT2D eigenvalue weighted by Crippen LogP contribution is 2.47. The van der Waals surface area contributed by atoms with Gasteiger partial charge < -0.3 is 9.30 Å². The minimum absolute atomic E-state index is 0.0310. The number of nitrogens with zero attached hydrogens (tertiary/aromatic N) is 5. The highest BCUT2D eigenvalue weighted by molar-refractivity contribution is 6.11. The maximum absolute atomic E-state index is 6.95. The van der Waals surface area contributed by atoms with E-state index in [0.717, 1.165) is 89.6 Å². The van der Waals surface area contributed by atoms with Gasteiger partial charge in [0.05, 0.1) is 50.2 Å². The molecule has 74 heavy (non-hydrogen) atoms. The van der Waals surface area contributed by atoms with Gasteiger partial charge in [0.2, 0.25) is 0 Å². The third kappa shape index (κ3) is 6.78. The van der Waals surface area contributed by atoms with Crippen molar-refractivity contribution in [2.45, 2.75) is 52.4 Å². The number of aromatic nitrogens is 5. The molecule has 13 aromatic rings. The fraction of sp³-hybridized carbons (Fsp3) is 0.118. The number of hydrogen-bond donors (Lipinski definition) is 0. The molecule has 14 rings (SSSR count). The Morgan fingerprint density at radius 3 is 1.61 bits per heavy atom. The Balaban J connectivity index is 1.01. The van der Waals surface area contributed by atoms with E-state index >= 15 is 0 Å². The molecule has 1 aliphatic rings. The van der Waals surface area contributed by atoms with E-state index < -0.39 is 0 Å². The van der Waals surface area contributed by atoms with E-state index in [2.05, 4.69) is 266 Å². The molecule has 0 unspecified atom stereocenters. The zero-order chi connectivity index (χ0) is 50.0. The Morgan fingerprint density at radius 2 is 0.959 bits per heavy atom. The van der Waals surface area contributed by atoms with Crippen LogP contribution >= 0.6 is 0 Å². The van der Waals surface area contributed by atoms with Gasteiger partial charge in [-0.1, -0.05) is 169 Å². The van der Waals surface area contributed by atoms with Crippen molar-refractivity contribution in [2.75, 3.05) is 0 Å². The highest BCUT2D eigenvalue weighted by atomic mass is 16.5. The monoisotopic (exact) mass is 955 g/mol. The Kier molecular flexibility index (Phi) is 9.61. The van der Waals surface area contributed by atoms with Gasteiger partial charge in [0.25, 0.3) is 6.33 Å². The van der Waals surface area contributed by atoms with E-state index in [1.807, 2.05) is 12.3 Å². The van der Waals surface area contributed by atoms with Gasteiger partial charge >= 0.3 is 0 Å². The molecular weight excluding hydrogens is 903 g/mol. The van der Waals surface area contributed by atoms with Crippen molar-refractivity contribution >= 4 is 54.6 Å². The minimum atomic E-state index is -0.169. The molecular formula is C68H53N5O. The van der Waals surface area contributed by atoms with Gasteiger partial charge in [-0.15, -0.1) is 0 Å². The summed E-state index contributed by atoms with van der Waals surface area (Å²) in [5.74, 6) is 2.34. The number of imidazole rings is 1. The quantitative estimate of drug-likeness (QED) is 0.127. The van der Waals surface area contributed by atoms with Crippen LogP contribution in [0, 0.1) is 6.33 Å². The number of ether oxygens (including phenoxy) is 1. The van der Waals surface area contributed by atoms with Crippen molar-refractivity contribution in [3.8, 4) is 67.8 Å². The molecule has 5 heterocycles. The Morgan fingerprint density at radius 1 is 0.419 bits per heavy atom. The molecule has 6 heteroatoms. The number of para-hydroxylation sites is 4. The smallest absolute Gasteiger partial charge is 0.269 e. The summed E-state index contributed by atoms with van der Waals surface area (Å²) in [7, 11) is 0. The number of hydrogen-bond acceptors (Lipinski definition) is 2. The number of benzene rings is 9. The molecule has 0 radical (unpaired) electrons. The Labute approximate surface area is 430 Å². The SMILES string of the molecule is CC(C)(C)c1ccnc(-n2c3ccccc3c3ccc(Oc4cccc(-n5[c-][n+]6c7c(cc(C(C)(C)C)cc75)-c5ccccc5-c5ccccc5-c5cccc(-n7c8ccccc8c8ccccc87)c5-6)c4)cc32)c1. The lowest BCUT2D eigenvalue weighted by Gasteiger charge is -2.23. The highest BCUT2D eigenvalue weighted by Gasteiger charge is 2.30. The van der Waals surface area contributed by atoms with Gasteiger partial charge in [0.1, 0.15) is 17.3 Å². The van der Waals surface area contributed by atoms with Crippen LogP contribution in [0.1, 0.15) is 52.7 Å². The van der Waals surface area contributed by atoms with E-state index in [0.29, 0.717) is 0 Å². The van der Waals surface area contributed by atoms with Crippen LogP contribution in [0.5, 0.6) is 11.5 Å². The molecule has 0 amide bonds. The average molecular weight is 956 g/mol. The Hall–Kier alpha value is -9.00. The lowest BCUT2D eigenvalue weighted by molar-refractivity contribution is -0.571. The second kappa shape index (κ2) is 16.3. The molecule has 0 N–H and O–H groups in total. The summed E-state index contributed by atoms with van der Waals surface area (Å²) in [6, 6.07) is 74.7. The average Bonchev–Trinajstić information content (AvgIpc) is 4.10. The van der Waals surface area contributed by atoms with Crippen LogP contribution in [0.2, 0.25) is 0 Å². The standard InChI is InChI=1S/C68H53N5O/c1-67(2,3)43-35-36-69-64(39-43)73-60-31-16-13-27-54(60)55-34-33-47(41-62(55)73)74-46-20-17-19-45(40-46)70-42-71-65-56(28-18-32-61(65)72-58-29-14-11-25-52(58)53-26-12-15-30-59(53)72)50-23-9-7-21-48(50)49-22-8-10-24-51(49)57-37-44(68(4,5)6)38-63(70)66(57)71/h7-41H,1-6H3. The molecule has 6 nitrogen and oxygen atoms in total. The summed E-state index contributed by atoms with van der Waals surface area (Å²) < 4.78 is 16.3. The van der Waals surface area contributed by atoms with Crippen LogP contribution in [0.3, 0.4) is 0 Å². The van der Waals surface area contributed by atoms with Crippen molar-refractivity contribution in [2.24, 2.45) is 0 Å². The Bertz CT molecular complexity index is 4380. The minimum Gasteiger partial charge on any atom is -0.458 e. The van der Waals surface area contributed by atoms with Gasteiger partial charge in [-0.25, -0.2) is 4.98 Å². The summed E-state index contributed by atoms with van der Waals surface area (Å²) >= 11 is 0. The second-order valence-electron chi connectivity index (χ2n) is 21.8. The maximum Gasteiger partial charge on any atom is 0.269 e. The first-order valence-corrected chi connectivity index (χ1v) is 25.6. The summed E-state index contributed by atoms with van der Waals surface area (Å²) in [4.78, 5) is 4.93. The van der Waals surface area contributed by atoms with Crippen LogP contribution in [-0.4, -0.2) is 18.7 Å². The fourth-order valence-corrected chi connectivity index (χ4v) is 11.6. The van der Waals surface area contributed by atoms with Gasteiger partial charge in [-0.3, -0.25) is 13.7 Å². The van der Waals surface area contributed by atoms with Crippen molar-refractivity contribution < 1.29 is 9.30 Å². The van der Waals surface area contributed by atoms with Gasteiger partial charge in [-0.2, -0.15) is 0 Å². The van der Waals surface area contributed by atoms with Gasteiger partial charge in [0, 0.05) is 33.8 Å². The molecule has 0 saturated carbocycles. The first-order valence-electron chi connectivity index (χ1n) is 25.6. The topological polar surface area (TPSA) is 40.8 Å². The van der Waals surface area contributed by atoms with E-state index in [9.17, 15) is 0 Å². The molecule has 0 bridgehead atoms. The van der Waals surface area contributed by atoms with Crippen LogP contribution in [0.4, 0.5) is 0 Å². The van der Waals surface area contributed by atoms with Crippen LogP contribution in [0.15, 0.2) is 212 Å². The van der Waals surface area contributed by atoms with Crippen LogP contribution < -0.4 is 9.30 Å². The largest absolute Gasteiger partial charge is 0.458 e. The zero-order valence-electron chi connectivity index (χ0n) is 42.4. The number of pyridine rings is 1. The van der Waals surface area contributed by atoms with E-state index in [-0.39, 0.29) is 10.8 Å². The predicted molar refractivity (Wildman–Crippen MR) is 304 cm³/mol. The summed E-state index contributed by atoms with van der Waals surface area (Å²) in [6.07, 6.45) is 5.99. The summed E-state index contributed by atoms with van der Waals surface area (Å²) in [5.41, 5.74) is 18.8. The van der Waals surface area contributed by atoms with Crippen molar-refractivity contribution in [3.63, 3.8) is 0 Å². The fourth-order valence-electron chi connectivity index (χ4n) is 11.6. The van der Waals surface area contributed by atoms with E-state index in [1.165, 1.54) is 44.0 Å². The van der Waals surface area contributed by atoms with Crippen molar-refractivity contribution in [1.29, 1.82) is 0 Å². The first kappa shape index (κ1) is 43.8. The molecule has 1 aliphatic heterocycles. The summed E-state index contributed by atoms with van der Waals surface area (Å²) in [6.45, 7) is 13.6. The normalized spacial score (nSPS) is 12.5. The molecule has 0 spiro atoms. The molecule has 0 aliphatic carbocycles. The van der Waals surface area contributed by atoms with Crippen molar-refractivity contribution in [3.05, 3.63) is 230 Å². The summed E-state index contributed by atoms with van der Waals surface area (Å²) in [5, 5.41) is 4.75. The maximum atomic E-state index is 6.95. The molecule has 4 aromatic heterocycles. The predicted octanol–water partition coefficient (Wildman–Crippen LogP) is 17.0. The van der Waals surface area contributed by atoms with E-state index in [1.54, 1.807) is 0 Å². The van der Waals surface area contributed by atoms with Crippen LogP contribution in [-0.2, 0) is 10.8 Å². The molecule has 0 saturated heterocycles. The second-order valence-corrected chi connectivity index (χ2v) is 21.8. The lowest BCUT2D eigenvalue weighted by atomic mass is 9.83. The van der Waals surface area contributed by atoms with Gasteiger partial charge in [-0.05, 0) is 128 Å². The van der Waals surface area contributed by atoms with E-state index in [4.69, 9.17) is 9.72 Å². The third-order valence-electron chi connectivity index (χ3n) is 15.2. The van der Waals surface area contributed by atoms with Crippen LogP contribution in [0.25, 0.3) is 111 Å².